The summed E-state index contributed by atoms with van der Waals surface area (Å²) in [4.78, 5) is 8.68. The molecule has 0 fully saturated rings. The van der Waals surface area contributed by atoms with Crippen LogP contribution in [0.3, 0.4) is 0 Å². The molecular weight excluding hydrogens is 218 g/mol. The van der Waals surface area contributed by atoms with Crippen molar-refractivity contribution in [3.05, 3.63) is 18.0 Å². The second kappa shape index (κ2) is 5.92. The fraction of sp³-hybridized carbons (Fsp3) is 0.444. The molecule has 0 radical (unpaired) electrons. The number of anilines is 1. The number of aliphatic hydroxyl groups is 1. The van der Waals surface area contributed by atoms with Crippen LogP contribution in [0.15, 0.2) is 12.3 Å². The predicted octanol–water partition coefficient (Wildman–Crippen LogP) is 0.412. The predicted molar refractivity (Wildman–Crippen MR) is 52.0 cm³/mol. The molecule has 0 atom stereocenters. The molecule has 0 amide bonds. The van der Waals surface area contributed by atoms with Crippen LogP contribution in [-0.2, 0) is 0 Å². The van der Waals surface area contributed by atoms with Gasteiger partial charge in [0.15, 0.2) is 0 Å². The van der Waals surface area contributed by atoms with Gasteiger partial charge >= 0.3 is 0 Å². The lowest BCUT2D eigenvalue weighted by molar-refractivity contribution is 0.152. The molecule has 7 heteroatoms. The summed E-state index contributed by atoms with van der Waals surface area (Å²) < 4.78 is 24.5. The number of rotatable bonds is 5. The van der Waals surface area contributed by atoms with E-state index in [1.165, 1.54) is 12.3 Å². The third-order valence-corrected chi connectivity index (χ3v) is 1.77. The second-order valence-electron chi connectivity index (χ2n) is 2.91. The lowest BCUT2D eigenvalue weighted by Crippen LogP contribution is -2.33. The van der Waals surface area contributed by atoms with E-state index in [1.807, 2.05) is 0 Å². The van der Waals surface area contributed by atoms with Gasteiger partial charge in [-0.2, -0.15) is 5.26 Å². The van der Waals surface area contributed by atoms with Crippen molar-refractivity contribution >= 4 is 5.95 Å². The Morgan fingerprint density at radius 2 is 2.31 bits per heavy atom. The van der Waals surface area contributed by atoms with E-state index in [0.717, 1.165) is 4.90 Å². The van der Waals surface area contributed by atoms with Gasteiger partial charge in [-0.3, -0.25) is 0 Å². The molecule has 1 heterocycles. The van der Waals surface area contributed by atoms with Gasteiger partial charge in [-0.1, -0.05) is 0 Å². The summed E-state index contributed by atoms with van der Waals surface area (Å²) in [7, 11) is 0. The van der Waals surface area contributed by atoms with Crippen LogP contribution in [0.2, 0.25) is 0 Å². The zero-order chi connectivity index (χ0) is 12.0. The van der Waals surface area contributed by atoms with Gasteiger partial charge in [0, 0.05) is 12.7 Å². The number of aromatic nitrogens is 2. The normalized spacial score (nSPS) is 10.2. The Morgan fingerprint density at radius 3 is 2.88 bits per heavy atom. The first-order chi connectivity index (χ1) is 7.67. The van der Waals surface area contributed by atoms with Crippen molar-refractivity contribution in [3.8, 4) is 6.07 Å². The van der Waals surface area contributed by atoms with E-state index in [0.29, 0.717) is 0 Å². The zero-order valence-electron chi connectivity index (χ0n) is 8.35. The highest BCUT2D eigenvalue weighted by molar-refractivity contribution is 5.33. The molecule has 0 aromatic carbocycles. The number of aliphatic hydroxyl groups excluding tert-OH is 1. The third kappa shape index (κ3) is 3.40. The van der Waals surface area contributed by atoms with Gasteiger partial charge in [0.25, 0.3) is 6.43 Å². The summed E-state index contributed by atoms with van der Waals surface area (Å²) in [6.45, 7) is -0.860. The van der Waals surface area contributed by atoms with Crippen LogP contribution in [0.4, 0.5) is 14.7 Å². The lowest BCUT2D eigenvalue weighted by Gasteiger charge is -2.20. The Labute approximate surface area is 91.0 Å². The highest BCUT2D eigenvalue weighted by atomic mass is 19.3. The number of halogens is 2. The zero-order valence-corrected chi connectivity index (χ0v) is 8.35. The SMILES string of the molecule is N#Cc1ccnc(N(CCO)CC(F)F)n1. The second-order valence-corrected chi connectivity index (χ2v) is 2.91. The highest BCUT2D eigenvalue weighted by Gasteiger charge is 2.14. The van der Waals surface area contributed by atoms with Gasteiger partial charge in [0.1, 0.15) is 11.8 Å². The molecule has 0 spiro atoms. The molecule has 86 valence electrons. The number of nitriles is 1. The van der Waals surface area contributed by atoms with Crippen molar-refractivity contribution < 1.29 is 13.9 Å². The molecule has 0 aliphatic rings. The van der Waals surface area contributed by atoms with Gasteiger partial charge in [-0.15, -0.1) is 0 Å². The van der Waals surface area contributed by atoms with Crippen LogP contribution >= 0.6 is 0 Å². The minimum Gasteiger partial charge on any atom is -0.395 e. The maximum atomic E-state index is 12.2. The van der Waals surface area contributed by atoms with Crippen LogP contribution in [0.5, 0.6) is 0 Å². The van der Waals surface area contributed by atoms with Gasteiger partial charge in [-0.05, 0) is 6.07 Å². The van der Waals surface area contributed by atoms with E-state index in [1.54, 1.807) is 6.07 Å². The summed E-state index contributed by atoms with van der Waals surface area (Å²) in [5.41, 5.74) is 0.0993. The first-order valence-electron chi connectivity index (χ1n) is 4.54. The fourth-order valence-corrected chi connectivity index (χ4v) is 1.12. The molecule has 0 saturated heterocycles. The first-order valence-corrected chi connectivity index (χ1v) is 4.54. The Morgan fingerprint density at radius 1 is 1.56 bits per heavy atom. The highest BCUT2D eigenvalue weighted by Crippen LogP contribution is 2.09. The molecule has 0 saturated carbocycles. The van der Waals surface area contributed by atoms with Crippen molar-refractivity contribution in [2.24, 2.45) is 0 Å². The first kappa shape index (κ1) is 12.3. The molecule has 0 bridgehead atoms. The number of hydrogen-bond donors (Lipinski definition) is 1. The minimum absolute atomic E-state index is 0.000772. The van der Waals surface area contributed by atoms with Crippen LogP contribution in [0, 0.1) is 11.3 Å². The summed E-state index contributed by atoms with van der Waals surface area (Å²) in [6.07, 6.45) is -1.24. The van der Waals surface area contributed by atoms with E-state index >= 15 is 0 Å². The van der Waals surface area contributed by atoms with Crippen LogP contribution in [-0.4, -0.2) is 41.2 Å². The molecule has 0 aliphatic carbocycles. The third-order valence-electron chi connectivity index (χ3n) is 1.77. The summed E-state index contributed by atoms with van der Waals surface area (Å²) in [6, 6.07) is 3.17. The van der Waals surface area contributed by atoms with E-state index < -0.39 is 13.0 Å². The molecule has 16 heavy (non-hydrogen) atoms. The van der Waals surface area contributed by atoms with Gasteiger partial charge in [0.2, 0.25) is 5.95 Å². The summed E-state index contributed by atoms with van der Waals surface area (Å²) in [5.74, 6) is 0.0217. The summed E-state index contributed by atoms with van der Waals surface area (Å²) in [5, 5.41) is 17.3. The van der Waals surface area contributed by atoms with E-state index in [2.05, 4.69) is 9.97 Å². The Kier molecular flexibility index (Phi) is 4.54. The quantitative estimate of drug-likeness (QED) is 0.790. The molecule has 1 N–H and O–H groups in total. The molecule has 1 aromatic rings. The lowest BCUT2D eigenvalue weighted by atomic mass is 10.4. The van der Waals surface area contributed by atoms with E-state index in [4.69, 9.17) is 10.4 Å². The Balaban J connectivity index is 2.87. The topological polar surface area (TPSA) is 73.0 Å². The monoisotopic (exact) mass is 228 g/mol. The van der Waals surface area contributed by atoms with Gasteiger partial charge in [0.05, 0.1) is 13.2 Å². The van der Waals surface area contributed by atoms with E-state index in [9.17, 15) is 8.78 Å². The molecule has 5 nitrogen and oxygen atoms in total. The average molecular weight is 228 g/mol. The van der Waals surface area contributed by atoms with E-state index in [-0.39, 0.29) is 24.8 Å². The van der Waals surface area contributed by atoms with Crippen LogP contribution in [0.1, 0.15) is 5.69 Å². The molecule has 1 rings (SSSR count). The number of nitrogens with zero attached hydrogens (tertiary/aromatic N) is 4. The Bertz CT molecular complexity index is 380. The van der Waals surface area contributed by atoms with Crippen molar-refractivity contribution in [1.29, 1.82) is 5.26 Å². The molecule has 0 aliphatic heterocycles. The van der Waals surface area contributed by atoms with Crippen molar-refractivity contribution in [3.63, 3.8) is 0 Å². The van der Waals surface area contributed by atoms with Crippen molar-refractivity contribution in [2.75, 3.05) is 24.6 Å². The van der Waals surface area contributed by atoms with Gasteiger partial charge < -0.3 is 10.0 Å². The standard InChI is InChI=1S/C9H10F2N4O/c10-8(11)6-15(3-4-16)9-13-2-1-7(5-12)14-9/h1-2,8,16H,3-4,6H2. The molecule has 0 unspecified atom stereocenters. The summed E-state index contributed by atoms with van der Waals surface area (Å²) >= 11 is 0. The number of hydrogen-bond acceptors (Lipinski definition) is 5. The minimum atomic E-state index is -2.55. The molecule has 1 aromatic heterocycles. The van der Waals surface area contributed by atoms with Crippen LogP contribution < -0.4 is 4.90 Å². The average Bonchev–Trinajstić information content (AvgIpc) is 2.28. The van der Waals surface area contributed by atoms with Crippen molar-refractivity contribution in [2.45, 2.75) is 6.43 Å². The smallest absolute Gasteiger partial charge is 0.255 e. The van der Waals surface area contributed by atoms with Gasteiger partial charge in [-0.25, -0.2) is 18.7 Å². The maximum absolute atomic E-state index is 12.2. The number of alkyl halides is 2. The van der Waals surface area contributed by atoms with Crippen molar-refractivity contribution in [1.82, 2.24) is 9.97 Å². The van der Waals surface area contributed by atoms with Crippen LogP contribution in [0.25, 0.3) is 0 Å². The fourth-order valence-electron chi connectivity index (χ4n) is 1.12. The largest absolute Gasteiger partial charge is 0.395 e. The Hall–Kier alpha value is -1.81. The molecular formula is C9H10F2N4O. The maximum Gasteiger partial charge on any atom is 0.255 e.